The van der Waals surface area contributed by atoms with Gasteiger partial charge in [0.2, 0.25) is 12.0 Å². The van der Waals surface area contributed by atoms with E-state index in [1.807, 2.05) is 0 Å². The molecule has 2 aliphatic rings. The van der Waals surface area contributed by atoms with Gasteiger partial charge in [-0.2, -0.15) is 0 Å². The van der Waals surface area contributed by atoms with Crippen LogP contribution >= 0.6 is 0 Å². The van der Waals surface area contributed by atoms with Gasteiger partial charge < -0.3 is 14.3 Å². The maximum Gasteiger partial charge on any atom is 0.278 e. The predicted octanol–water partition coefficient (Wildman–Crippen LogP) is 2.14. The second kappa shape index (κ2) is 6.39. The fourth-order valence-electron chi connectivity index (χ4n) is 3.26. The van der Waals surface area contributed by atoms with E-state index >= 15 is 0 Å². The second-order valence-corrected chi connectivity index (χ2v) is 6.03. The number of amides is 2. The molecule has 2 unspecified atom stereocenters. The average molecular weight is 370 g/mol. The van der Waals surface area contributed by atoms with Crippen molar-refractivity contribution < 1.29 is 28.3 Å². The van der Waals surface area contributed by atoms with Gasteiger partial charge in [-0.05, 0) is 36.4 Å². The van der Waals surface area contributed by atoms with Crippen molar-refractivity contribution in [1.29, 1.82) is 0 Å². The van der Waals surface area contributed by atoms with Crippen molar-refractivity contribution in [2.24, 2.45) is 11.1 Å². The van der Waals surface area contributed by atoms with Gasteiger partial charge in [0.25, 0.3) is 5.91 Å². The summed E-state index contributed by atoms with van der Waals surface area (Å²) in [6, 6.07) is 10.2. The molecule has 4 rings (SSSR count). The van der Waals surface area contributed by atoms with Crippen LogP contribution in [0.2, 0.25) is 0 Å². The summed E-state index contributed by atoms with van der Waals surface area (Å²) in [6.45, 7) is 0. The third-order valence-electron chi connectivity index (χ3n) is 4.58. The Labute approximate surface area is 153 Å². The number of methoxy groups -OCH3 is 2. The van der Waals surface area contributed by atoms with Crippen LogP contribution in [0.3, 0.4) is 0 Å². The van der Waals surface area contributed by atoms with E-state index in [-0.39, 0.29) is 5.69 Å². The molecule has 0 N–H and O–H groups in total. The van der Waals surface area contributed by atoms with Gasteiger partial charge in [-0.1, -0.05) is 5.16 Å². The maximum atomic E-state index is 13.2. The van der Waals surface area contributed by atoms with E-state index in [1.165, 1.54) is 38.5 Å². The van der Waals surface area contributed by atoms with Crippen LogP contribution in [0.1, 0.15) is 5.56 Å². The van der Waals surface area contributed by atoms with Gasteiger partial charge in [0.15, 0.2) is 0 Å². The molecular formula is C19H15FN2O5. The molecule has 2 heterocycles. The zero-order chi connectivity index (χ0) is 19.1. The summed E-state index contributed by atoms with van der Waals surface area (Å²) >= 11 is 0. The minimum Gasteiger partial charge on any atom is -0.497 e. The van der Waals surface area contributed by atoms with Gasteiger partial charge in [-0.25, -0.2) is 9.29 Å². The van der Waals surface area contributed by atoms with E-state index in [0.29, 0.717) is 22.8 Å². The summed E-state index contributed by atoms with van der Waals surface area (Å²) in [4.78, 5) is 31.9. The van der Waals surface area contributed by atoms with Crippen molar-refractivity contribution in [3.8, 4) is 11.5 Å². The number of hydrogen-bond acceptors (Lipinski definition) is 6. The monoisotopic (exact) mass is 370 g/mol. The van der Waals surface area contributed by atoms with Crippen LogP contribution < -0.4 is 14.4 Å². The molecular weight excluding hydrogens is 355 g/mol. The Morgan fingerprint density at radius 2 is 1.78 bits per heavy atom. The molecule has 7 nitrogen and oxygen atoms in total. The number of ether oxygens (including phenoxy) is 2. The number of fused-ring (bicyclic) bond motifs is 1. The molecule has 2 aromatic rings. The van der Waals surface area contributed by atoms with Gasteiger partial charge in [-0.15, -0.1) is 0 Å². The van der Waals surface area contributed by atoms with Crippen LogP contribution in [-0.4, -0.2) is 37.8 Å². The van der Waals surface area contributed by atoms with Crippen molar-refractivity contribution in [3.63, 3.8) is 0 Å². The Balaban J connectivity index is 1.71. The number of rotatable bonds is 4. The number of carbonyl (C=O) groups is 2. The normalized spacial score (nSPS) is 21.0. The molecule has 1 saturated heterocycles. The molecule has 2 aromatic carbocycles. The average Bonchev–Trinajstić information content (AvgIpc) is 3.22. The van der Waals surface area contributed by atoms with Crippen molar-refractivity contribution in [2.45, 2.75) is 6.10 Å². The zero-order valence-corrected chi connectivity index (χ0v) is 14.5. The lowest BCUT2D eigenvalue weighted by Gasteiger charge is -2.16. The smallest absolute Gasteiger partial charge is 0.278 e. The Hall–Kier alpha value is -3.42. The van der Waals surface area contributed by atoms with Crippen LogP contribution in [0.15, 0.2) is 47.6 Å². The van der Waals surface area contributed by atoms with Crippen molar-refractivity contribution in [3.05, 3.63) is 53.8 Å². The van der Waals surface area contributed by atoms with Crippen LogP contribution in [-0.2, 0) is 14.4 Å². The molecule has 0 radical (unpaired) electrons. The second-order valence-electron chi connectivity index (χ2n) is 6.03. The number of nitrogens with zero attached hydrogens (tertiary/aromatic N) is 2. The van der Waals surface area contributed by atoms with E-state index in [9.17, 15) is 14.0 Å². The van der Waals surface area contributed by atoms with Crippen molar-refractivity contribution in [2.75, 3.05) is 19.1 Å². The fourth-order valence-corrected chi connectivity index (χ4v) is 3.26. The number of anilines is 1. The lowest BCUT2D eigenvalue weighted by molar-refractivity contribution is -0.126. The highest BCUT2D eigenvalue weighted by molar-refractivity contribution is 6.32. The molecule has 8 heteroatoms. The molecule has 27 heavy (non-hydrogen) atoms. The topological polar surface area (TPSA) is 77.4 Å². The highest BCUT2D eigenvalue weighted by Crippen LogP contribution is 2.38. The molecule has 2 atom stereocenters. The number of hydrogen-bond donors (Lipinski definition) is 0. The first-order valence-corrected chi connectivity index (χ1v) is 8.14. The van der Waals surface area contributed by atoms with Crippen LogP contribution in [0.4, 0.5) is 10.1 Å². The molecule has 0 aromatic heterocycles. The first-order valence-electron chi connectivity index (χ1n) is 8.14. The molecule has 0 saturated carbocycles. The van der Waals surface area contributed by atoms with E-state index in [0.717, 1.165) is 4.90 Å². The molecule has 2 aliphatic heterocycles. The fraction of sp³-hybridized carbons (Fsp3) is 0.211. The molecule has 138 valence electrons. The Bertz CT molecular complexity index is 957. The number of imide groups is 1. The van der Waals surface area contributed by atoms with Crippen molar-refractivity contribution in [1.82, 2.24) is 0 Å². The summed E-state index contributed by atoms with van der Waals surface area (Å²) in [7, 11) is 3.01. The van der Waals surface area contributed by atoms with Crippen LogP contribution in [0.5, 0.6) is 11.5 Å². The number of carbonyl (C=O) groups excluding carboxylic acids is 2. The summed E-state index contributed by atoms with van der Waals surface area (Å²) < 4.78 is 23.7. The third-order valence-corrected chi connectivity index (χ3v) is 4.58. The summed E-state index contributed by atoms with van der Waals surface area (Å²) in [6.07, 6.45) is -1.05. The lowest BCUT2D eigenvalue weighted by atomic mass is 9.93. The molecule has 0 aliphatic carbocycles. The minimum atomic E-state index is -1.05. The number of oxime groups is 1. The van der Waals surface area contributed by atoms with Gasteiger partial charge in [0, 0.05) is 11.6 Å². The minimum absolute atomic E-state index is 0.283. The summed E-state index contributed by atoms with van der Waals surface area (Å²) in [5.41, 5.74) is 1.13. The highest BCUT2D eigenvalue weighted by Gasteiger charge is 2.56. The largest absolute Gasteiger partial charge is 0.497 e. The van der Waals surface area contributed by atoms with Gasteiger partial charge in [0.05, 0.1) is 19.9 Å². The number of halogens is 1. The maximum absolute atomic E-state index is 13.2. The SMILES string of the molecule is COc1ccc(C2=NOC3C(=O)N(c4ccc(F)cc4)C(=O)C23)c(OC)c1. The van der Waals surface area contributed by atoms with Crippen LogP contribution in [0.25, 0.3) is 0 Å². The molecule has 1 fully saturated rings. The standard InChI is InChI=1S/C19H15FN2O5/c1-25-12-7-8-13(14(9-12)26-2)16-15-17(27-21-16)19(24)22(18(15)23)11-5-3-10(20)4-6-11/h3-9,15,17H,1-2H3. The third kappa shape index (κ3) is 2.61. The van der Waals surface area contributed by atoms with Crippen LogP contribution in [0, 0.1) is 11.7 Å². The van der Waals surface area contributed by atoms with Gasteiger partial charge in [0.1, 0.15) is 28.9 Å². The molecule has 0 spiro atoms. The van der Waals surface area contributed by atoms with E-state index < -0.39 is 29.7 Å². The molecule has 0 bridgehead atoms. The summed E-state index contributed by atoms with van der Waals surface area (Å²) in [5, 5.41) is 3.97. The first-order chi connectivity index (χ1) is 13.0. The summed E-state index contributed by atoms with van der Waals surface area (Å²) in [5.74, 6) is -1.36. The van der Waals surface area contributed by atoms with E-state index in [2.05, 4.69) is 5.16 Å². The van der Waals surface area contributed by atoms with Gasteiger partial charge >= 0.3 is 0 Å². The number of benzene rings is 2. The first kappa shape index (κ1) is 17.0. The highest BCUT2D eigenvalue weighted by atomic mass is 19.1. The Kier molecular flexibility index (Phi) is 4.02. The van der Waals surface area contributed by atoms with Crippen molar-refractivity contribution >= 4 is 23.2 Å². The van der Waals surface area contributed by atoms with E-state index in [4.69, 9.17) is 14.3 Å². The Morgan fingerprint density at radius 3 is 2.44 bits per heavy atom. The predicted molar refractivity (Wildman–Crippen MR) is 93.3 cm³/mol. The lowest BCUT2D eigenvalue weighted by Crippen LogP contribution is -2.33. The Morgan fingerprint density at radius 1 is 1.04 bits per heavy atom. The molecule has 2 amide bonds. The van der Waals surface area contributed by atoms with E-state index in [1.54, 1.807) is 18.2 Å². The zero-order valence-electron chi connectivity index (χ0n) is 14.5. The quantitative estimate of drug-likeness (QED) is 0.771. The van der Waals surface area contributed by atoms with Gasteiger partial charge in [-0.3, -0.25) is 9.59 Å².